The third-order valence-electron chi connectivity index (χ3n) is 4.97. The summed E-state index contributed by atoms with van der Waals surface area (Å²) in [5.41, 5.74) is 2.05. The number of pyridine rings is 2. The summed E-state index contributed by atoms with van der Waals surface area (Å²) in [6.07, 6.45) is 7.92. The molecule has 0 bridgehead atoms. The largest absolute Gasteiger partial charge is 0.340 e. The molecule has 0 aromatic carbocycles. The van der Waals surface area contributed by atoms with Gasteiger partial charge in [-0.15, -0.1) is 0 Å². The summed E-state index contributed by atoms with van der Waals surface area (Å²) in [6, 6.07) is 9.37. The van der Waals surface area contributed by atoms with Crippen molar-refractivity contribution in [3.05, 3.63) is 66.0 Å². The molecule has 0 spiro atoms. The molecule has 29 heavy (non-hydrogen) atoms. The number of likely N-dealkylation sites (N-methyl/N-ethyl adjacent to an activating group) is 1. The lowest BCUT2D eigenvalue weighted by molar-refractivity contribution is 0.0779. The maximum Gasteiger partial charge on any atom is 0.289 e. The molecule has 0 radical (unpaired) electrons. The number of amides is 2. The number of nitrogens with zero attached hydrogens (tertiary/aromatic N) is 5. The van der Waals surface area contributed by atoms with Crippen LogP contribution in [0.3, 0.4) is 0 Å². The Balaban J connectivity index is 1.83. The molecular formula is C22H27N5O2. The zero-order valence-corrected chi connectivity index (χ0v) is 17.2. The molecule has 0 saturated carbocycles. The van der Waals surface area contributed by atoms with Crippen LogP contribution in [0, 0.1) is 0 Å². The van der Waals surface area contributed by atoms with Crippen molar-refractivity contribution in [3.63, 3.8) is 0 Å². The lowest BCUT2D eigenvalue weighted by Crippen LogP contribution is -2.30. The predicted octanol–water partition coefficient (Wildman–Crippen LogP) is 2.92. The van der Waals surface area contributed by atoms with Gasteiger partial charge in [0.1, 0.15) is 0 Å². The zero-order valence-electron chi connectivity index (χ0n) is 17.2. The molecule has 0 atom stereocenters. The first-order valence-corrected chi connectivity index (χ1v) is 9.89. The molecule has 0 unspecified atom stereocenters. The minimum Gasteiger partial charge on any atom is -0.340 e. The SMILES string of the molecule is CCCCN(C)C(=O)c1nc(C(=O)N(C)CCc2ccncc2)c2ccccn12. The molecule has 2 amide bonds. The highest BCUT2D eigenvalue weighted by Crippen LogP contribution is 2.17. The van der Waals surface area contributed by atoms with E-state index in [1.54, 1.807) is 46.9 Å². The second-order valence-corrected chi connectivity index (χ2v) is 7.15. The number of imidazole rings is 1. The topological polar surface area (TPSA) is 70.8 Å². The molecule has 0 N–H and O–H groups in total. The maximum atomic E-state index is 13.1. The van der Waals surface area contributed by atoms with Crippen LogP contribution < -0.4 is 0 Å². The van der Waals surface area contributed by atoms with Crippen LogP contribution in [0.25, 0.3) is 5.52 Å². The lowest BCUT2D eigenvalue weighted by Gasteiger charge is -2.16. The van der Waals surface area contributed by atoms with E-state index in [0.717, 1.165) is 24.8 Å². The quantitative estimate of drug-likeness (QED) is 0.590. The van der Waals surface area contributed by atoms with Crippen molar-refractivity contribution in [2.75, 3.05) is 27.2 Å². The molecule has 0 fully saturated rings. The number of rotatable bonds is 8. The van der Waals surface area contributed by atoms with E-state index in [2.05, 4.69) is 16.9 Å². The van der Waals surface area contributed by atoms with Crippen molar-refractivity contribution >= 4 is 17.3 Å². The van der Waals surface area contributed by atoms with Crippen LogP contribution in [0.5, 0.6) is 0 Å². The van der Waals surface area contributed by atoms with Gasteiger partial charge in [-0.3, -0.25) is 19.0 Å². The number of hydrogen-bond donors (Lipinski definition) is 0. The minimum atomic E-state index is -0.196. The van der Waals surface area contributed by atoms with Crippen LogP contribution in [0.2, 0.25) is 0 Å². The van der Waals surface area contributed by atoms with Crippen molar-refractivity contribution in [3.8, 4) is 0 Å². The molecule has 7 nitrogen and oxygen atoms in total. The first kappa shape index (κ1) is 20.5. The number of unbranched alkanes of at least 4 members (excludes halogenated alkanes) is 1. The van der Waals surface area contributed by atoms with Gasteiger partial charge in [0.05, 0.1) is 5.52 Å². The van der Waals surface area contributed by atoms with Gasteiger partial charge in [-0.05, 0) is 42.7 Å². The molecule has 152 valence electrons. The highest BCUT2D eigenvalue weighted by atomic mass is 16.2. The van der Waals surface area contributed by atoms with E-state index in [1.807, 2.05) is 30.3 Å². The van der Waals surface area contributed by atoms with Crippen molar-refractivity contribution in [1.82, 2.24) is 24.2 Å². The van der Waals surface area contributed by atoms with E-state index in [1.165, 1.54) is 0 Å². The fourth-order valence-electron chi connectivity index (χ4n) is 3.14. The van der Waals surface area contributed by atoms with E-state index in [-0.39, 0.29) is 17.6 Å². The smallest absolute Gasteiger partial charge is 0.289 e. The average Bonchev–Trinajstić information content (AvgIpc) is 3.15. The Hall–Kier alpha value is -3.22. The fraction of sp³-hybridized carbons (Fsp3) is 0.364. The molecule has 0 aliphatic rings. The van der Waals surface area contributed by atoms with Crippen LogP contribution in [0.4, 0.5) is 0 Å². The Labute approximate surface area is 171 Å². The van der Waals surface area contributed by atoms with Gasteiger partial charge in [-0.1, -0.05) is 19.4 Å². The van der Waals surface area contributed by atoms with Crippen molar-refractivity contribution in [1.29, 1.82) is 0 Å². The summed E-state index contributed by atoms with van der Waals surface area (Å²) in [7, 11) is 3.52. The molecule has 7 heteroatoms. The van der Waals surface area contributed by atoms with Crippen LogP contribution in [0.1, 0.15) is 46.4 Å². The summed E-state index contributed by atoms with van der Waals surface area (Å²) >= 11 is 0. The fourth-order valence-corrected chi connectivity index (χ4v) is 3.14. The number of hydrogen-bond acceptors (Lipinski definition) is 4. The molecule has 3 rings (SSSR count). The third kappa shape index (κ3) is 4.62. The van der Waals surface area contributed by atoms with Gasteiger partial charge >= 0.3 is 0 Å². The number of fused-ring (bicyclic) bond motifs is 1. The van der Waals surface area contributed by atoms with E-state index in [9.17, 15) is 9.59 Å². The Morgan fingerprint density at radius 1 is 1.00 bits per heavy atom. The molecule has 3 heterocycles. The Bertz CT molecular complexity index is 983. The van der Waals surface area contributed by atoms with Gasteiger partial charge in [-0.2, -0.15) is 0 Å². The van der Waals surface area contributed by atoms with Gasteiger partial charge in [0, 0.05) is 45.8 Å². The monoisotopic (exact) mass is 393 g/mol. The van der Waals surface area contributed by atoms with E-state index >= 15 is 0 Å². The standard InChI is InChI=1S/C22H27N5O2/c1-4-5-14-25(2)22(29)20-24-19(18-8-6-7-15-27(18)20)21(28)26(3)16-11-17-9-12-23-13-10-17/h6-10,12-13,15H,4-5,11,14,16H2,1-3H3. The molecule has 3 aromatic heterocycles. The minimum absolute atomic E-state index is 0.182. The molecule has 0 aliphatic carbocycles. The number of aromatic nitrogens is 3. The Kier molecular flexibility index (Phi) is 6.59. The molecule has 0 saturated heterocycles. The van der Waals surface area contributed by atoms with Gasteiger partial charge in [0.2, 0.25) is 5.82 Å². The zero-order chi connectivity index (χ0) is 20.8. The van der Waals surface area contributed by atoms with E-state index in [0.29, 0.717) is 24.3 Å². The average molecular weight is 393 g/mol. The normalized spacial score (nSPS) is 10.9. The van der Waals surface area contributed by atoms with Crippen LogP contribution in [-0.4, -0.2) is 63.2 Å². The van der Waals surface area contributed by atoms with E-state index < -0.39 is 0 Å². The van der Waals surface area contributed by atoms with Crippen LogP contribution in [0.15, 0.2) is 48.9 Å². The predicted molar refractivity (Wildman–Crippen MR) is 112 cm³/mol. The Morgan fingerprint density at radius 2 is 1.72 bits per heavy atom. The summed E-state index contributed by atoms with van der Waals surface area (Å²) in [4.78, 5) is 37.7. The summed E-state index contributed by atoms with van der Waals surface area (Å²) < 4.78 is 1.70. The summed E-state index contributed by atoms with van der Waals surface area (Å²) in [6.45, 7) is 3.29. The van der Waals surface area contributed by atoms with Crippen LogP contribution in [-0.2, 0) is 6.42 Å². The van der Waals surface area contributed by atoms with Gasteiger partial charge in [-0.25, -0.2) is 4.98 Å². The second kappa shape index (κ2) is 9.32. The molecule has 0 aliphatic heterocycles. The first-order valence-electron chi connectivity index (χ1n) is 9.89. The van der Waals surface area contributed by atoms with Crippen molar-refractivity contribution < 1.29 is 9.59 Å². The van der Waals surface area contributed by atoms with Gasteiger partial charge < -0.3 is 9.80 Å². The van der Waals surface area contributed by atoms with Gasteiger partial charge in [0.25, 0.3) is 11.8 Å². The van der Waals surface area contributed by atoms with Crippen LogP contribution >= 0.6 is 0 Å². The number of carbonyl (C=O) groups excluding carboxylic acids is 2. The van der Waals surface area contributed by atoms with Crippen molar-refractivity contribution in [2.45, 2.75) is 26.2 Å². The Morgan fingerprint density at radius 3 is 2.45 bits per heavy atom. The lowest BCUT2D eigenvalue weighted by atomic mass is 10.2. The number of carbonyl (C=O) groups is 2. The summed E-state index contributed by atoms with van der Waals surface area (Å²) in [5, 5.41) is 0. The summed E-state index contributed by atoms with van der Waals surface area (Å²) in [5.74, 6) is -0.110. The molecule has 3 aromatic rings. The van der Waals surface area contributed by atoms with E-state index in [4.69, 9.17) is 0 Å². The second-order valence-electron chi connectivity index (χ2n) is 7.15. The first-order chi connectivity index (χ1) is 14.0. The highest BCUT2D eigenvalue weighted by Gasteiger charge is 2.25. The highest BCUT2D eigenvalue weighted by molar-refractivity contribution is 6.02. The van der Waals surface area contributed by atoms with Crippen molar-refractivity contribution in [2.24, 2.45) is 0 Å². The molecular weight excluding hydrogens is 366 g/mol. The third-order valence-corrected chi connectivity index (χ3v) is 4.97. The maximum absolute atomic E-state index is 13.1. The van der Waals surface area contributed by atoms with Gasteiger partial charge in [0.15, 0.2) is 5.69 Å².